The van der Waals surface area contributed by atoms with Gasteiger partial charge < -0.3 is 9.47 Å². The number of ether oxygens (including phenoxy) is 2. The molecule has 0 fully saturated rings. The lowest BCUT2D eigenvalue weighted by molar-refractivity contribution is 0.383. The van der Waals surface area contributed by atoms with Crippen LogP contribution in [-0.2, 0) is 0 Å². The highest BCUT2D eigenvalue weighted by Crippen LogP contribution is 2.35. The SMILES string of the molecule is COc1ccc(-n2c(C)nc(Cl)c2-c2cc(F)c(OC)cc2F)cn1. The fourth-order valence-electron chi connectivity index (χ4n) is 2.54. The van der Waals surface area contributed by atoms with Crippen LogP contribution < -0.4 is 9.47 Å². The fraction of sp³-hybridized carbons (Fsp3) is 0.176. The monoisotopic (exact) mass is 365 g/mol. The molecule has 0 saturated carbocycles. The summed E-state index contributed by atoms with van der Waals surface area (Å²) < 4.78 is 40.0. The summed E-state index contributed by atoms with van der Waals surface area (Å²) in [5.41, 5.74) is 0.785. The number of pyridine rings is 1. The number of aryl methyl sites for hydroxylation is 1. The molecule has 3 rings (SSSR count). The molecule has 0 aliphatic rings. The van der Waals surface area contributed by atoms with E-state index < -0.39 is 11.6 Å². The fourth-order valence-corrected chi connectivity index (χ4v) is 2.85. The molecule has 0 radical (unpaired) electrons. The maximum absolute atomic E-state index is 14.5. The van der Waals surface area contributed by atoms with E-state index in [2.05, 4.69) is 9.97 Å². The van der Waals surface area contributed by atoms with Gasteiger partial charge in [-0.15, -0.1) is 0 Å². The number of benzene rings is 1. The second-order valence-electron chi connectivity index (χ2n) is 5.16. The summed E-state index contributed by atoms with van der Waals surface area (Å²) in [7, 11) is 2.77. The second-order valence-corrected chi connectivity index (χ2v) is 5.52. The summed E-state index contributed by atoms with van der Waals surface area (Å²) in [5, 5.41) is 0.0526. The predicted molar refractivity (Wildman–Crippen MR) is 89.6 cm³/mol. The van der Waals surface area contributed by atoms with E-state index in [9.17, 15) is 8.78 Å². The van der Waals surface area contributed by atoms with Gasteiger partial charge in [-0.2, -0.15) is 0 Å². The number of imidazole rings is 1. The molecule has 0 bridgehead atoms. The summed E-state index contributed by atoms with van der Waals surface area (Å²) in [6, 6.07) is 5.37. The second kappa shape index (κ2) is 6.68. The van der Waals surface area contributed by atoms with Gasteiger partial charge in [0.2, 0.25) is 5.88 Å². The number of aromatic nitrogens is 3. The minimum absolute atomic E-state index is 0.0280. The van der Waals surface area contributed by atoms with Crippen molar-refractivity contribution in [3.63, 3.8) is 0 Å². The van der Waals surface area contributed by atoms with Crippen molar-refractivity contribution >= 4 is 11.6 Å². The van der Waals surface area contributed by atoms with Crippen molar-refractivity contribution in [2.24, 2.45) is 0 Å². The molecule has 0 aliphatic carbocycles. The summed E-state index contributed by atoms with van der Waals surface area (Å²) in [4.78, 5) is 8.29. The maximum atomic E-state index is 14.5. The van der Waals surface area contributed by atoms with E-state index in [0.29, 0.717) is 17.4 Å². The average Bonchev–Trinajstić information content (AvgIpc) is 2.90. The summed E-state index contributed by atoms with van der Waals surface area (Å²) in [6.07, 6.45) is 1.53. The predicted octanol–water partition coefficient (Wildman–Crippen LogP) is 4.19. The average molecular weight is 366 g/mol. The molecule has 25 heavy (non-hydrogen) atoms. The highest BCUT2D eigenvalue weighted by Gasteiger charge is 2.22. The van der Waals surface area contributed by atoms with Crippen LogP contribution in [0.25, 0.3) is 16.9 Å². The van der Waals surface area contributed by atoms with Crippen molar-refractivity contribution in [3.8, 4) is 28.6 Å². The van der Waals surface area contributed by atoms with Crippen LogP contribution in [0.1, 0.15) is 5.82 Å². The van der Waals surface area contributed by atoms with Gasteiger partial charge in [-0.25, -0.2) is 18.7 Å². The Hall–Kier alpha value is -2.67. The van der Waals surface area contributed by atoms with E-state index >= 15 is 0 Å². The normalized spacial score (nSPS) is 10.8. The Morgan fingerprint density at radius 3 is 2.44 bits per heavy atom. The lowest BCUT2D eigenvalue weighted by Gasteiger charge is -2.13. The smallest absolute Gasteiger partial charge is 0.213 e. The number of hydrogen-bond donors (Lipinski definition) is 0. The van der Waals surface area contributed by atoms with Gasteiger partial charge in [0.15, 0.2) is 16.7 Å². The molecule has 0 saturated heterocycles. The molecule has 0 atom stereocenters. The van der Waals surface area contributed by atoms with E-state index in [1.807, 2.05) is 0 Å². The molecule has 2 heterocycles. The van der Waals surface area contributed by atoms with Gasteiger partial charge in [-0.05, 0) is 19.1 Å². The van der Waals surface area contributed by atoms with Crippen LogP contribution in [-0.4, -0.2) is 28.8 Å². The summed E-state index contributed by atoms with van der Waals surface area (Å²) in [5.74, 6) is -0.638. The third-order valence-corrected chi connectivity index (χ3v) is 3.95. The molecule has 8 heteroatoms. The quantitative estimate of drug-likeness (QED) is 0.695. The number of rotatable bonds is 4. The third kappa shape index (κ3) is 3.02. The molecule has 2 aromatic heterocycles. The Labute approximate surface area is 147 Å². The van der Waals surface area contributed by atoms with Crippen LogP contribution in [0.4, 0.5) is 8.78 Å². The highest BCUT2D eigenvalue weighted by atomic mass is 35.5. The molecule has 0 N–H and O–H groups in total. The molecule has 0 unspecified atom stereocenters. The molecular weight excluding hydrogens is 352 g/mol. The van der Waals surface area contributed by atoms with Crippen LogP contribution in [0.3, 0.4) is 0 Å². The van der Waals surface area contributed by atoms with E-state index in [1.54, 1.807) is 23.6 Å². The van der Waals surface area contributed by atoms with Gasteiger partial charge in [0.05, 0.1) is 31.8 Å². The van der Waals surface area contributed by atoms with Crippen LogP contribution in [0, 0.1) is 18.6 Å². The Morgan fingerprint density at radius 2 is 1.84 bits per heavy atom. The molecule has 3 aromatic rings. The molecule has 1 aromatic carbocycles. The minimum atomic E-state index is -0.701. The minimum Gasteiger partial charge on any atom is -0.494 e. The lowest BCUT2D eigenvalue weighted by atomic mass is 10.1. The van der Waals surface area contributed by atoms with Gasteiger partial charge in [-0.3, -0.25) is 4.57 Å². The topological polar surface area (TPSA) is 49.2 Å². The Bertz CT molecular complexity index is 927. The van der Waals surface area contributed by atoms with Crippen molar-refractivity contribution in [3.05, 3.63) is 53.1 Å². The van der Waals surface area contributed by atoms with Crippen LogP contribution >= 0.6 is 11.6 Å². The molecule has 0 amide bonds. The van der Waals surface area contributed by atoms with Crippen molar-refractivity contribution in [2.75, 3.05) is 14.2 Å². The standard InChI is InChI=1S/C17H14ClF2N3O2/c1-9-22-17(18)16(11-6-13(20)14(24-2)7-12(11)19)23(9)10-4-5-15(25-3)21-8-10/h4-8H,1-3H3. The zero-order valence-corrected chi connectivity index (χ0v) is 14.4. The van der Waals surface area contributed by atoms with Crippen molar-refractivity contribution in [1.82, 2.24) is 14.5 Å². The van der Waals surface area contributed by atoms with Gasteiger partial charge in [0.25, 0.3) is 0 Å². The largest absolute Gasteiger partial charge is 0.494 e. The first kappa shape index (κ1) is 17.2. The first-order valence-electron chi connectivity index (χ1n) is 7.25. The number of halogens is 3. The first-order valence-corrected chi connectivity index (χ1v) is 7.62. The lowest BCUT2D eigenvalue weighted by Crippen LogP contribution is -2.02. The molecular formula is C17H14ClF2N3O2. The maximum Gasteiger partial charge on any atom is 0.213 e. The summed E-state index contributed by atoms with van der Waals surface area (Å²) >= 11 is 6.19. The highest BCUT2D eigenvalue weighted by molar-refractivity contribution is 6.32. The van der Waals surface area contributed by atoms with E-state index in [1.165, 1.54) is 20.4 Å². The molecule has 130 valence electrons. The Balaban J connectivity index is 2.22. The Kier molecular flexibility index (Phi) is 4.59. The number of hydrogen-bond acceptors (Lipinski definition) is 4. The van der Waals surface area contributed by atoms with E-state index in [4.69, 9.17) is 21.1 Å². The molecule has 0 spiro atoms. The van der Waals surface area contributed by atoms with Crippen LogP contribution in [0.15, 0.2) is 30.5 Å². The third-order valence-electron chi connectivity index (χ3n) is 3.69. The van der Waals surface area contributed by atoms with Gasteiger partial charge in [0, 0.05) is 17.7 Å². The van der Waals surface area contributed by atoms with Gasteiger partial charge in [-0.1, -0.05) is 11.6 Å². The van der Waals surface area contributed by atoms with Crippen LogP contribution in [0.5, 0.6) is 11.6 Å². The van der Waals surface area contributed by atoms with Gasteiger partial charge >= 0.3 is 0 Å². The first-order chi connectivity index (χ1) is 12.0. The van der Waals surface area contributed by atoms with E-state index in [0.717, 1.165) is 12.1 Å². The number of methoxy groups -OCH3 is 2. The van der Waals surface area contributed by atoms with Crippen molar-refractivity contribution in [1.29, 1.82) is 0 Å². The van der Waals surface area contributed by atoms with Crippen LogP contribution in [0.2, 0.25) is 5.15 Å². The Morgan fingerprint density at radius 1 is 1.08 bits per heavy atom. The van der Waals surface area contributed by atoms with Crippen molar-refractivity contribution in [2.45, 2.75) is 6.92 Å². The van der Waals surface area contributed by atoms with Crippen molar-refractivity contribution < 1.29 is 18.3 Å². The molecule has 0 aliphatic heterocycles. The van der Waals surface area contributed by atoms with E-state index in [-0.39, 0.29) is 22.2 Å². The zero-order chi connectivity index (χ0) is 18.1. The zero-order valence-electron chi connectivity index (χ0n) is 13.7. The molecule has 5 nitrogen and oxygen atoms in total. The summed E-state index contributed by atoms with van der Waals surface area (Å²) in [6.45, 7) is 1.71. The van der Waals surface area contributed by atoms with Gasteiger partial charge in [0.1, 0.15) is 11.6 Å². The number of nitrogens with zero attached hydrogens (tertiary/aromatic N) is 3.